The smallest absolute Gasteiger partial charge is 0.224 e. The van der Waals surface area contributed by atoms with Crippen LogP contribution in [0.2, 0.25) is 0 Å². The molecule has 1 amide bonds. The molecule has 1 heterocycles. The SMILES string of the molecule is CC(C)=CC1C(C(=O)NCCCCc2ccccn2)C1(C)C. The van der Waals surface area contributed by atoms with Crippen LogP contribution >= 0.6 is 0 Å². The molecule has 0 aliphatic heterocycles. The van der Waals surface area contributed by atoms with Gasteiger partial charge in [0.25, 0.3) is 0 Å². The molecule has 1 aliphatic rings. The van der Waals surface area contributed by atoms with Crippen LogP contribution in [0.5, 0.6) is 0 Å². The van der Waals surface area contributed by atoms with Gasteiger partial charge in [-0.25, -0.2) is 0 Å². The Balaban J connectivity index is 1.67. The molecule has 1 fully saturated rings. The second-order valence-corrected chi connectivity index (χ2v) is 7.14. The van der Waals surface area contributed by atoms with Gasteiger partial charge in [-0.2, -0.15) is 0 Å². The number of nitrogens with zero attached hydrogens (tertiary/aromatic N) is 1. The molecule has 1 aromatic rings. The average Bonchev–Trinajstić information content (AvgIpc) is 2.99. The zero-order chi connectivity index (χ0) is 16.2. The minimum atomic E-state index is 0.106. The van der Waals surface area contributed by atoms with Gasteiger partial charge in [0.2, 0.25) is 5.91 Å². The largest absolute Gasteiger partial charge is 0.356 e. The quantitative estimate of drug-likeness (QED) is 0.615. The summed E-state index contributed by atoms with van der Waals surface area (Å²) in [6.07, 6.45) is 7.11. The third-order valence-electron chi connectivity index (χ3n) is 4.59. The first-order valence-corrected chi connectivity index (χ1v) is 8.25. The molecule has 3 nitrogen and oxygen atoms in total. The summed E-state index contributed by atoms with van der Waals surface area (Å²) in [5.74, 6) is 0.745. The van der Waals surface area contributed by atoms with Crippen molar-refractivity contribution >= 4 is 5.91 Å². The van der Waals surface area contributed by atoms with Gasteiger partial charge in [0.1, 0.15) is 0 Å². The van der Waals surface area contributed by atoms with E-state index in [-0.39, 0.29) is 17.2 Å². The third-order valence-corrected chi connectivity index (χ3v) is 4.59. The number of hydrogen-bond donors (Lipinski definition) is 1. The molecule has 3 heteroatoms. The predicted octanol–water partition coefficient (Wildman–Crippen LogP) is 3.76. The molecule has 0 saturated heterocycles. The van der Waals surface area contributed by atoms with Crippen LogP contribution in [0, 0.1) is 17.3 Å². The summed E-state index contributed by atoms with van der Waals surface area (Å²) < 4.78 is 0. The number of aromatic nitrogens is 1. The topological polar surface area (TPSA) is 42.0 Å². The number of unbranched alkanes of at least 4 members (excludes halogenated alkanes) is 1. The molecule has 2 atom stereocenters. The van der Waals surface area contributed by atoms with E-state index in [2.05, 4.69) is 50.1 Å². The fourth-order valence-electron chi connectivity index (χ4n) is 3.15. The fraction of sp³-hybridized carbons (Fsp3) is 0.579. The van der Waals surface area contributed by atoms with Crippen LogP contribution < -0.4 is 5.32 Å². The lowest BCUT2D eigenvalue weighted by molar-refractivity contribution is -0.123. The molecule has 22 heavy (non-hydrogen) atoms. The zero-order valence-electron chi connectivity index (χ0n) is 14.2. The van der Waals surface area contributed by atoms with E-state index in [1.54, 1.807) is 0 Å². The maximum atomic E-state index is 12.3. The number of allylic oxidation sites excluding steroid dienone is 2. The number of pyridine rings is 1. The van der Waals surface area contributed by atoms with E-state index >= 15 is 0 Å². The van der Waals surface area contributed by atoms with E-state index in [0.717, 1.165) is 31.5 Å². The van der Waals surface area contributed by atoms with Gasteiger partial charge in [-0.1, -0.05) is 31.6 Å². The van der Waals surface area contributed by atoms with E-state index < -0.39 is 0 Å². The van der Waals surface area contributed by atoms with Gasteiger partial charge in [0.05, 0.1) is 5.92 Å². The van der Waals surface area contributed by atoms with Crippen molar-refractivity contribution in [2.75, 3.05) is 6.54 Å². The van der Waals surface area contributed by atoms with Gasteiger partial charge in [-0.15, -0.1) is 0 Å². The minimum absolute atomic E-state index is 0.106. The molecular weight excluding hydrogens is 272 g/mol. The number of aryl methyl sites for hydroxylation is 1. The Morgan fingerprint density at radius 1 is 1.32 bits per heavy atom. The van der Waals surface area contributed by atoms with E-state index in [9.17, 15) is 4.79 Å². The summed E-state index contributed by atoms with van der Waals surface area (Å²) in [5, 5.41) is 3.10. The highest BCUT2D eigenvalue weighted by Gasteiger charge is 2.60. The number of carbonyl (C=O) groups excluding carboxylic acids is 1. The normalized spacial score (nSPS) is 22.0. The van der Waals surface area contributed by atoms with Crippen LogP contribution in [0.1, 0.15) is 46.2 Å². The summed E-state index contributed by atoms with van der Waals surface area (Å²) in [6.45, 7) is 9.33. The summed E-state index contributed by atoms with van der Waals surface area (Å²) >= 11 is 0. The highest BCUT2D eigenvalue weighted by atomic mass is 16.2. The average molecular weight is 300 g/mol. The van der Waals surface area contributed by atoms with Crippen molar-refractivity contribution in [3.63, 3.8) is 0 Å². The molecule has 1 aliphatic carbocycles. The Hall–Kier alpha value is -1.64. The number of amides is 1. The Kier molecular flexibility index (Phi) is 5.38. The maximum absolute atomic E-state index is 12.3. The lowest BCUT2D eigenvalue weighted by atomic mass is 10.1. The molecule has 2 rings (SSSR count). The van der Waals surface area contributed by atoms with Crippen molar-refractivity contribution in [1.82, 2.24) is 10.3 Å². The molecule has 1 saturated carbocycles. The monoisotopic (exact) mass is 300 g/mol. The van der Waals surface area contributed by atoms with Crippen LogP contribution in [0.4, 0.5) is 0 Å². The van der Waals surface area contributed by atoms with Crippen molar-refractivity contribution < 1.29 is 4.79 Å². The third kappa shape index (κ3) is 4.19. The van der Waals surface area contributed by atoms with Crippen molar-refractivity contribution in [3.05, 3.63) is 41.7 Å². The van der Waals surface area contributed by atoms with Gasteiger partial charge in [0.15, 0.2) is 0 Å². The summed E-state index contributed by atoms with van der Waals surface area (Å²) in [5.41, 5.74) is 2.53. The van der Waals surface area contributed by atoms with Gasteiger partial charge in [0, 0.05) is 18.4 Å². The second kappa shape index (κ2) is 7.08. The lowest BCUT2D eigenvalue weighted by Gasteiger charge is -2.06. The van der Waals surface area contributed by atoms with E-state index in [1.807, 2.05) is 18.3 Å². The standard InChI is InChI=1S/C19H28N2O/c1-14(2)13-16-17(19(16,3)4)18(22)21-12-8-6-10-15-9-5-7-11-20-15/h5,7,9,11,13,16-17H,6,8,10,12H2,1-4H3,(H,21,22). The van der Waals surface area contributed by atoms with Crippen molar-refractivity contribution in [2.24, 2.45) is 17.3 Å². The van der Waals surface area contributed by atoms with Gasteiger partial charge < -0.3 is 5.32 Å². The second-order valence-electron chi connectivity index (χ2n) is 7.14. The first kappa shape index (κ1) is 16.7. The van der Waals surface area contributed by atoms with E-state index in [4.69, 9.17) is 0 Å². The Bertz CT molecular complexity index is 530. The lowest BCUT2D eigenvalue weighted by Crippen LogP contribution is -2.27. The molecule has 0 aromatic carbocycles. The molecular formula is C19H28N2O. The van der Waals surface area contributed by atoms with Crippen LogP contribution in [0.15, 0.2) is 36.0 Å². The first-order valence-electron chi connectivity index (χ1n) is 8.25. The van der Waals surface area contributed by atoms with E-state index in [0.29, 0.717) is 5.92 Å². The molecule has 2 unspecified atom stereocenters. The highest BCUT2D eigenvalue weighted by molar-refractivity contribution is 5.83. The predicted molar refractivity (Wildman–Crippen MR) is 90.4 cm³/mol. The number of carbonyl (C=O) groups is 1. The van der Waals surface area contributed by atoms with Crippen LogP contribution in [0.3, 0.4) is 0 Å². The van der Waals surface area contributed by atoms with Gasteiger partial charge in [-0.05, 0) is 56.6 Å². The Morgan fingerprint density at radius 3 is 2.73 bits per heavy atom. The summed E-state index contributed by atoms with van der Waals surface area (Å²) in [7, 11) is 0. The molecule has 0 bridgehead atoms. The van der Waals surface area contributed by atoms with Crippen molar-refractivity contribution in [3.8, 4) is 0 Å². The van der Waals surface area contributed by atoms with Gasteiger partial charge in [-0.3, -0.25) is 9.78 Å². The van der Waals surface area contributed by atoms with E-state index in [1.165, 1.54) is 5.57 Å². The van der Waals surface area contributed by atoms with Crippen molar-refractivity contribution in [2.45, 2.75) is 47.0 Å². The molecule has 1 aromatic heterocycles. The maximum Gasteiger partial charge on any atom is 0.224 e. The zero-order valence-corrected chi connectivity index (χ0v) is 14.2. The number of nitrogens with one attached hydrogen (secondary N) is 1. The molecule has 0 radical (unpaired) electrons. The highest BCUT2D eigenvalue weighted by Crippen LogP contribution is 2.59. The Labute approximate surface area is 134 Å². The fourth-order valence-corrected chi connectivity index (χ4v) is 3.15. The number of rotatable bonds is 7. The molecule has 0 spiro atoms. The van der Waals surface area contributed by atoms with Crippen molar-refractivity contribution in [1.29, 1.82) is 0 Å². The first-order chi connectivity index (χ1) is 10.4. The molecule has 120 valence electrons. The van der Waals surface area contributed by atoms with Gasteiger partial charge >= 0.3 is 0 Å². The van der Waals surface area contributed by atoms with Crippen LogP contribution in [-0.2, 0) is 11.2 Å². The Morgan fingerprint density at radius 2 is 2.09 bits per heavy atom. The summed E-state index contributed by atoms with van der Waals surface area (Å²) in [4.78, 5) is 16.6. The number of hydrogen-bond acceptors (Lipinski definition) is 2. The molecule has 1 N–H and O–H groups in total. The minimum Gasteiger partial charge on any atom is -0.356 e. The van der Waals surface area contributed by atoms with Crippen LogP contribution in [0.25, 0.3) is 0 Å². The van der Waals surface area contributed by atoms with Crippen LogP contribution in [-0.4, -0.2) is 17.4 Å². The summed E-state index contributed by atoms with van der Waals surface area (Å²) in [6, 6.07) is 6.00.